The van der Waals surface area contributed by atoms with E-state index in [1.54, 1.807) is 0 Å². The zero-order chi connectivity index (χ0) is 25.5. The maximum absolute atomic E-state index is 2.42. The molecule has 0 aromatic heterocycles. The first kappa shape index (κ1) is 26.1. The van der Waals surface area contributed by atoms with Gasteiger partial charge in [0.2, 0.25) is 0 Å². The summed E-state index contributed by atoms with van der Waals surface area (Å²) >= 11 is 0. The summed E-state index contributed by atoms with van der Waals surface area (Å²) in [5.74, 6) is 0. The van der Waals surface area contributed by atoms with Crippen molar-refractivity contribution in [3.05, 3.63) is 69.8 Å². The quantitative estimate of drug-likeness (QED) is 0.436. The molecule has 3 aromatic carbocycles. The van der Waals surface area contributed by atoms with E-state index in [9.17, 15) is 0 Å². The third-order valence-corrected chi connectivity index (χ3v) is 8.87. The average molecular weight is 476 g/mol. The molecule has 0 radical (unpaired) electrons. The van der Waals surface area contributed by atoms with Crippen molar-refractivity contribution in [2.45, 2.75) is 41.5 Å². The van der Waals surface area contributed by atoms with Crippen molar-refractivity contribution in [3.8, 4) is 0 Å². The summed E-state index contributed by atoms with van der Waals surface area (Å²) in [6.45, 7) is 13.5. The molecule has 0 spiro atoms. The summed E-state index contributed by atoms with van der Waals surface area (Å²) in [6, 6.07) is 14.5. The zero-order valence-corrected chi connectivity index (χ0v) is 24.1. The highest BCUT2D eigenvalue weighted by molar-refractivity contribution is 7.79. The molecule has 0 aliphatic heterocycles. The molecule has 3 rings (SSSR count). The second-order valence-corrected chi connectivity index (χ2v) is 12.5. The molecule has 0 heterocycles. The van der Waals surface area contributed by atoms with Crippen LogP contribution in [-0.4, -0.2) is 42.3 Å². The van der Waals surface area contributed by atoms with E-state index in [1.807, 2.05) is 0 Å². The predicted octanol–water partition coefficient (Wildman–Crippen LogP) is 5.49. The highest BCUT2D eigenvalue weighted by atomic mass is 31.1. The average Bonchev–Trinajstić information content (AvgIpc) is 2.65. The lowest BCUT2D eigenvalue weighted by molar-refractivity contribution is 1.10. The number of rotatable bonds is 6. The highest BCUT2D eigenvalue weighted by Gasteiger charge is 2.23. The lowest BCUT2D eigenvalue weighted by Gasteiger charge is -2.28. The maximum atomic E-state index is 2.42. The van der Waals surface area contributed by atoms with E-state index < -0.39 is 7.92 Å². The topological polar surface area (TPSA) is 9.72 Å². The van der Waals surface area contributed by atoms with E-state index in [0.29, 0.717) is 0 Å². The lowest BCUT2D eigenvalue weighted by atomic mass is 10.1. The Kier molecular flexibility index (Phi) is 7.68. The van der Waals surface area contributed by atoms with E-state index in [-0.39, 0.29) is 0 Å². The van der Waals surface area contributed by atoms with Crippen LogP contribution in [0, 0.1) is 41.5 Å². The Morgan fingerprint density at radius 3 is 0.706 bits per heavy atom. The molecule has 0 bridgehead atoms. The number of nitrogens with zero attached hydrogens (tertiary/aromatic N) is 3. The molecule has 0 atom stereocenters. The van der Waals surface area contributed by atoms with Gasteiger partial charge >= 0.3 is 0 Å². The minimum Gasteiger partial charge on any atom is -0.377 e. The largest absolute Gasteiger partial charge is 0.377 e. The molecule has 0 N–H and O–H groups in total. The lowest BCUT2D eigenvalue weighted by Crippen LogP contribution is -2.25. The van der Waals surface area contributed by atoms with Gasteiger partial charge in [0.1, 0.15) is 0 Å². The Hall–Kier alpha value is -2.51. The van der Waals surface area contributed by atoms with Crippen LogP contribution in [0.4, 0.5) is 17.1 Å². The summed E-state index contributed by atoms with van der Waals surface area (Å²) in [5, 5.41) is 4.26. The summed E-state index contributed by atoms with van der Waals surface area (Å²) in [5.41, 5.74) is 12.0. The zero-order valence-electron chi connectivity index (χ0n) is 23.3. The Morgan fingerprint density at radius 2 is 0.559 bits per heavy atom. The molecular weight excluding hydrogens is 433 g/mol. The molecule has 0 saturated carbocycles. The molecule has 0 aliphatic rings. The van der Waals surface area contributed by atoms with Crippen LogP contribution in [0.3, 0.4) is 0 Å². The first-order valence-corrected chi connectivity index (χ1v) is 13.3. The third kappa shape index (κ3) is 4.96. The Balaban J connectivity index is 2.33. The van der Waals surface area contributed by atoms with E-state index in [2.05, 4.69) is 135 Å². The van der Waals surface area contributed by atoms with Gasteiger partial charge in [-0.25, -0.2) is 0 Å². The van der Waals surface area contributed by atoms with Crippen molar-refractivity contribution in [2.24, 2.45) is 0 Å². The number of aryl methyl sites for hydroxylation is 6. The summed E-state index contributed by atoms with van der Waals surface area (Å²) in [6.07, 6.45) is 0. The minimum atomic E-state index is -0.694. The Morgan fingerprint density at radius 1 is 0.382 bits per heavy atom. The fourth-order valence-corrected chi connectivity index (χ4v) is 8.58. The molecule has 3 aromatic rings. The van der Waals surface area contributed by atoms with Crippen molar-refractivity contribution in [1.29, 1.82) is 0 Å². The second kappa shape index (κ2) is 10.0. The molecule has 0 saturated heterocycles. The summed E-state index contributed by atoms with van der Waals surface area (Å²) in [7, 11) is 12.1. The minimum absolute atomic E-state index is 0.694. The van der Waals surface area contributed by atoms with Crippen LogP contribution in [-0.2, 0) is 0 Å². The van der Waals surface area contributed by atoms with Crippen LogP contribution < -0.4 is 30.6 Å². The molecule has 3 nitrogen and oxygen atoms in total. The van der Waals surface area contributed by atoms with Crippen LogP contribution in [0.5, 0.6) is 0 Å². The van der Waals surface area contributed by atoms with Gasteiger partial charge < -0.3 is 14.7 Å². The van der Waals surface area contributed by atoms with Gasteiger partial charge in [0, 0.05) is 59.3 Å². The number of benzene rings is 3. The smallest absolute Gasteiger partial charge is 0.0420 e. The van der Waals surface area contributed by atoms with Crippen molar-refractivity contribution in [2.75, 3.05) is 57.0 Å². The molecule has 0 unspecified atom stereocenters. The van der Waals surface area contributed by atoms with Crippen LogP contribution in [0.2, 0.25) is 0 Å². The van der Waals surface area contributed by atoms with Gasteiger partial charge in [-0.2, -0.15) is 0 Å². The van der Waals surface area contributed by atoms with Gasteiger partial charge in [-0.3, -0.25) is 0 Å². The van der Waals surface area contributed by atoms with Crippen molar-refractivity contribution in [3.63, 3.8) is 0 Å². The molecule has 0 fully saturated rings. The van der Waals surface area contributed by atoms with Crippen LogP contribution in [0.15, 0.2) is 36.4 Å². The first-order valence-electron chi connectivity index (χ1n) is 12.0. The molecule has 0 amide bonds. The van der Waals surface area contributed by atoms with Gasteiger partial charge in [-0.05, 0) is 135 Å². The Bertz CT molecular complexity index is 988. The van der Waals surface area contributed by atoms with Crippen LogP contribution >= 0.6 is 7.92 Å². The van der Waals surface area contributed by atoms with E-state index >= 15 is 0 Å². The highest BCUT2D eigenvalue weighted by Crippen LogP contribution is 2.39. The van der Waals surface area contributed by atoms with Gasteiger partial charge in [0.15, 0.2) is 0 Å². The fourth-order valence-electron chi connectivity index (χ4n) is 5.75. The molecule has 182 valence electrons. The van der Waals surface area contributed by atoms with Crippen molar-refractivity contribution < 1.29 is 0 Å². The van der Waals surface area contributed by atoms with Gasteiger partial charge in [-0.1, -0.05) is 0 Å². The molecule has 34 heavy (non-hydrogen) atoms. The van der Waals surface area contributed by atoms with E-state index in [0.717, 1.165) is 0 Å². The van der Waals surface area contributed by atoms with Gasteiger partial charge in [0.05, 0.1) is 0 Å². The Labute approximate surface area is 209 Å². The molecular formula is C30H42N3P. The molecule has 4 heteroatoms. The van der Waals surface area contributed by atoms with Gasteiger partial charge in [0.25, 0.3) is 0 Å². The summed E-state index contributed by atoms with van der Waals surface area (Å²) < 4.78 is 0. The predicted molar refractivity (Wildman–Crippen MR) is 157 cm³/mol. The monoisotopic (exact) mass is 475 g/mol. The summed E-state index contributed by atoms with van der Waals surface area (Å²) in [4.78, 5) is 6.70. The van der Waals surface area contributed by atoms with E-state index in [4.69, 9.17) is 0 Å². The number of hydrogen-bond donors (Lipinski definition) is 0. The van der Waals surface area contributed by atoms with Crippen LogP contribution in [0.1, 0.15) is 33.4 Å². The SMILES string of the molecule is Cc1cc(P(c2cc(C)c(N(C)C)c(C)c2)c2cc(C)c(N(C)C)c(C)c2)cc(C)c1N(C)C. The van der Waals surface area contributed by atoms with Gasteiger partial charge in [-0.15, -0.1) is 0 Å². The third-order valence-electron chi connectivity index (χ3n) is 6.54. The second-order valence-electron chi connectivity index (χ2n) is 10.3. The number of hydrogen-bond acceptors (Lipinski definition) is 3. The maximum Gasteiger partial charge on any atom is 0.0420 e. The van der Waals surface area contributed by atoms with Crippen molar-refractivity contribution in [1.82, 2.24) is 0 Å². The fraction of sp³-hybridized carbons (Fsp3) is 0.400. The van der Waals surface area contributed by atoms with Crippen molar-refractivity contribution >= 4 is 40.9 Å². The standard InChI is InChI=1S/C30H42N3P/c1-19-13-25(14-20(2)28(19)31(7)8)34(26-15-21(3)29(32(9)10)22(4)16-26)27-17-23(5)30(33(11)12)24(6)18-27/h13-18H,1-12H3. The number of anilines is 3. The first-order chi connectivity index (χ1) is 15.8. The molecule has 0 aliphatic carbocycles. The normalized spacial score (nSPS) is 11.2. The van der Waals surface area contributed by atoms with Crippen LogP contribution in [0.25, 0.3) is 0 Å². The van der Waals surface area contributed by atoms with E-state index in [1.165, 1.54) is 66.4 Å².